The molecule has 2 aromatic carbocycles. The number of rotatable bonds is 3. The largest absolute Gasteiger partial charge is 0.326 e. The normalized spacial score (nSPS) is 17.2. The second-order valence-corrected chi connectivity index (χ2v) is 5.94. The number of para-hydroxylation sites is 2. The Hall–Kier alpha value is -2.82. The van der Waals surface area contributed by atoms with Crippen molar-refractivity contribution in [3.05, 3.63) is 60.7 Å². The van der Waals surface area contributed by atoms with Gasteiger partial charge in [-0.25, -0.2) is 4.79 Å². The summed E-state index contributed by atoms with van der Waals surface area (Å²) < 4.78 is 0. The quantitative estimate of drug-likeness (QED) is 0.907. The van der Waals surface area contributed by atoms with Gasteiger partial charge in [-0.3, -0.25) is 4.79 Å². The van der Waals surface area contributed by atoms with E-state index in [0.717, 1.165) is 24.2 Å². The van der Waals surface area contributed by atoms with Gasteiger partial charge in [0.1, 0.15) is 0 Å². The van der Waals surface area contributed by atoms with Crippen molar-refractivity contribution in [3.8, 4) is 0 Å². The van der Waals surface area contributed by atoms with Crippen LogP contribution in [0.4, 0.5) is 16.2 Å². The number of nitrogens with one attached hydrogen (secondary N) is 2. The molecule has 0 bridgehead atoms. The molecule has 0 aliphatic carbocycles. The molecule has 0 spiro atoms. The van der Waals surface area contributed by atoms with E-state index in [9.17, 15) is 9.59 Å². The number of anilines is 2. The number of carbonyl (C=O) groups excluding carboxylic acids is 2. The van der Waals surface area contributed by atoms with Crippen LogP contribution in [0.3, 0.4) is 0 Å². The molecule has 1 fully saturated rings. The molecule has 2 aromatic rings. The Morgan fingerprint density at radius 1 is 0.875 bits per heavy atom. The van der Waals surface area contributed by atoms with Gasteiger partial charge in [-0.1, -0.05) is 36.4 Å². The predicted molar refractivity (Wildman–Crippen MR) is 94.8 cm³/mol. The lowest BCUT2D eigenvalue weighted by Gasteiger charge is -2.32. The monoisotopic (exact) mass is 323 g/mol. The molecule has 0 aromatic heterocycles. The second kappa shape index (κ2) is 7.64. The van der Waals surface area contributed by atoms with E-state index in [4.69, 9.17) is 0 Å². The number of piperidine rings is 1. The van der Waals surface area contributed by atoms with E-state index in [1.54, 1.807) is 4.90 Å². The zero-order valence-electron chi connectivity index (χ0n) is 13.4. The van der Waals surface area contributed by atoms with Gasteiger partial charge < -0.3 is 15.5 Å². The van der Waals surface area contributed by atoms with Crippen molar-refractivity contribution in [3.63, 3.8) is 0 Å². The maximum absolute atomic E-state index is 12.4. The van der Waals surface area contributed by atoms with Crippen LogP contribution in [0.2, 0.25) is 0 Å². The second-order valence-electron chi connectivity index (χ2n) is 5.94. The molecule has 3 amide bonds. The van der Waals surface area contributed by atoms with Gasteiger partial charge in [0.25, 0.3) is 0 Å². The van der Waals surface area contributed by atoms with Gasteiger partial charge in [-0.2, -0.15) is 0 Å². The minimum absolute atomic E-state index is 0.0292. The highest BCUT2D eigenvalue weighted by Crippen LogP contribution is 2.20. The van der Waals surface area contributed by atoms with Gasteiger partial charge in [-0.15, -0.1) is 0 Å². The van der Waals surface area contributed by atoms with Gasteiger partial charge in [0.05, 0.1) is 5.92 Å². The Labute approximate surface area is 141 Å². The number of urea groups is 1. The van der Waals surface area contributed by atoms with E-state index < -0.39 is 0 Å². The maximum atomic E-state index is 12.4. The summed E-state index contributed by atoms with van der Waals surface area (Å²) in [5.41, 5.74) is 1.55. The molecular formula is C19H21N3O2. The number of nitrogens with zero attached hydrogens (tertiary/aromatic N) is 1. The smallest absolute Gasteiger partial charge is 0.321 e. The lowest BCUT2D eigenvalue weighted by Crippen LogP contribution is -2.45. The maximum Gasteiger partial charge on any atom is 0.321 e. The molecular weight excluding hydrogens is 302 g/mol. The lowest BCUT2D eigenvalue weighted by atomic mass is 9.97. The highest BCUT2D eigenvalue weighted by molar-refractivity contribution is 5.94. The van der Waals surface area contributed by atoms with Crippen molar-refractivity contribution in [2.45, 2.75) is 12.8 Å². The minimum Gasteiger partial charge on any atom is -0.326 e. The molecule has 0 saturated carbocycles. The van der Waals surface area contributed by atoms with Crippen molar-refractivity contribution in [1.82, 2.24) is 4.90 Å². The topological polar surface area (TPSA) is 61.4 Å². The molecule has 2 N–H and O–H groups in total. The minimum atomic E-state index is -0.180. The van der Waals surface area contributed by atoms with Gasteiger partial charge in [0.2, 0.25) is 5.91 Å². The number of hydrogen-bond donors (Lipinski definition) is 2. The van der Waals surface area contributed by atoms with Crippen LogP contribution in [-0.2, 0) is 4.79 Å². The molecule has 1 atom stereocenters. The number of amides is 3. The van der Waals surface area contributed by atoms with E-state index in [0.29, 0.717) is 13.1 Å². The number of hydrogen-bond acceptors (Lipinski definition) is 2. The zero-order chi connectivity index (χ0) is 16.8. The fourth-order valence-electron chi connectivity index (χ4n) is 2.87. The molecule has 1 heterocycles. The summed E-state index contributed by atoms with van der Waals surface area (Å²) in [6.45, 7) is 1.12. The standard InChI is InChI=1S/C19H21N3O2/c23-18(20-16-9-3-1-4-10-16)15-8-7-13-22(14-15)19(24)21-17-11-5-2-6-12-17/h1-6,9-12,15H,7-8,13-14H2,(H,20,23)(H,21,24)/t15-/m0/s1. The fraction of sp³-hybridized carbons (Fsp3) is 0.263. The van der Waals surface area contributed by atoms with E-state index in [-0.39, 0.29) is 17.9 Å². The first-order chi connectivity index (χ1) is 11.7. The van der Waals surface area contributed by atoms with Gasteiger partial charge in [-0.05, 0) is 37.1 Å². The molecule has 124 valence electrons. The van der Waals surface area contributed by atoms with Crippen LogP contribution in [0, 0.1) is 5.92 Å². The summed E-state index contributed by atoms with van der Waals surface area (Å²) in [7, 11) is 0. The molecule has 0 unspecified atom stereocenters. The average molecular weight is 323 g/mol. The number of benzene rings is 2. The number of carbonyl (C=O) groups is 2. The van der Waals surface area contributed by atoms with Crippen molar-refractivity contribution in [2.24, 2.45) is 5.92 Å². The third kappa shape index (κ3) is 4.13. The first-order valence-electron chi connectivity index (χ1n) is 8.19. The third-order valence-corrected chi connectivity index (χ3v) is 4.15. The molecule has 3 rings (SSSR count). The van der Waals surface area contributed by atoms with Crippen molar-refractivity contribution >= 4 is 23.3 Å². The molecule has 5 nitrogen and oxygen atoms in total. The summed E-state index contributed by atoms with van der Waals surface area (Å²) in [5, 5.41) is 5.80. The summed E-state index contributed by atoms with van der Waals surface area (Å²) in [6, 6.07) is 18.6. The highest BCUT2D eigenvalue weighted by atomic mass is 16.2. The Morgan fingerprint density at radius 3 is 2.08 bits per heavy atom. The predicted octanol–water partition coefficient (Wildman–Crippen LogP) is 3.57. The molecule has 5 heteroatoms. The molecule has 1 saturated heterocycles. The van der Waals surface area contributed by atoms with Crippen LogP contribution in [0.5, 0.6) is 0 Å². The van der Waals surface area contributed by atoms with Gasteiger partial charge in [0.15, 0.2) is 0 Å². The Kier molecular flexibility index (Phi) is 5.11. The van der Waals surface area contributed by atoms with Crippen molar-refractivity contribution in [2.75, 3.05) is 23.7 Å². The van der Waals surface area contributed by atoms with Crippen LogP contribution in [0.1, 0.15) is 12.8 Å². The first-order valence-corrected chi connectivity index (χ1v) is 8.19. The summed E-state index contributed by atoms with van der Waals surface area (Å²) in [5.74, 6) is -0.209. The van der Waals surface area contributed by atoms with E-state index in [1.807, 2.05) is 60.7 Å². The molecule has 24 heavy (non-hydrogen) atoms. The Bertz CT molecular complexity index is 629. The molecule has 0 radical (unpaired) electrons. The molecule has 1 aliphatic heterocycles. The lowest BCUT2D eigenvalue weighted by molar-refractivity contribution is -0.121. The fourth-order valence-corrected chi connectivity index (χ4v) is 2.87. The van der Waals surface area contributed by atoms with Crippen LogP contribution < -0.4 is 10.6 Å². The summed E-state index contributed by atoms with van der Waals surface area (Å²) in [6.07, 6.45) is 1.63. The Balaban J connectivity index is 1.57. The SMILES string of the molecule is O=C(Nc1ccccc1)[C@H]1CCCN(C(=O)Nc2ccccc2)C1. The van der Waals surface area contributed by atoms with Gasteiger partial charge in [0, 0.05) is 24.5 Å². The summed E-state index contributed by atoms with van der Waals surface area (Å²) >= 11 is 0. The van der Waals surface area contributed by atoms with E-state index in [2.05, 4.69) is 10.6 Å². The van der Waals surface area contributed by atoms with Crippen LogP contribution in [-0.4, -0.2) is 29.9 Å². The van der Waals surface area contributed by atoms with E-state index in [1.165, 1.54) is 0 Å². The van der Waals surface area contributed by atoms with Crippen molar-refractivity contribution in [1.29, 1.82) is 0 Å². The molecule has 1 aliphatic rings. The Morgan fingerprint density at radius 2 is 1.46 bits per heavy atom. The van der Waals surface area contributed by atoms with Crippen LogP contribution >= 0.6 is 0 Å². The number of likely N-dealkylation sites (tertiary alicyclic amines) is 1. The van der Waals surface area contributed by atoms with Gasteiger partial charge >= 0.3 is 6.03 Å². The zero-order valence-corrected chi connectivity index (χ0v) is 13.4. The first kappa shape index (κ1) is 16.1. The highest BCUT2D eigenvalue weighted by Gasteiger charge is 2.28. The third-order valence-electron chi connectivity index (χ3n) is 4.15. The van der Waals surface area contributed by atoms with Crippen molar-refractivity contribution < 1.29 is 9.59 Å². The summed E-state index contributed by atoms with van der Waals surface area (Å²) in [4.78, 5) is 26.5. The average Bonchev–Trinajstić information content (AvgIpc) is 2.63. The van der Waals surface area contributed by atoms with Crippen LogP contribution in [0.25, 0.3) is 0 Å². The van der Waals surface area contributed by atoms with E-state index >= 15 is 0 Å². The van der Waals surface area contributed by atoms with Crippen LogP contribution in [0.15, 0.2) is 60.7 Å².